The maximum atomic E-state index is 11.0. The number of ether oxygens (including phenoxy) is 1. The molecule has 7 heteroatoms. The average molecular weight is 288 g/mol. The molecule has 0 bridgehead atoms. The Hall–Kier alpha value is -2.83. The third-order valence-electron chi connectivity index (χ3n) is 2.97. The minimum absolute atomic E-state index is 0.0658. The number of pyridine rings is 1. The van der Waals surface area contributed by atoms with Crippen molar-refractivity contribution in [3.8, 4) is 5.75 Å². The molecule has 0 saturated heterocycles. The highest BCUT2D eigenvalue weighted by molar-refractivity contribution is 5.60. The van der Waals surface area contributed by atoms with Crippen LogP contribution in [0.4, 0.5) is 17.3 Å². The van der Waals surface area contributed by atoms with Crippen molar-refractivity contribution in [3.05, 3.63) is 52.1 Å². The Bertz CT molecular complexity index is 646. The lowest BCUT2D eigenvalue weighted by atomic mass is 10.2. The molecule has 0 aliphatic heterocycles. The van der Waals surface area contributed by atoms with E-state index >= 15 is 0 Å². The van der Waals surface area contributed by atoms with E-state index < -0.39 is 4.92 Å². The van der Waals surface area contributed by atoms with E-state index in [0.717, 1.165) is 11.3 Å². The number of aromatic nitrogens is 1. The highest BCUT2D eigenvalue weighted by Gasteiger charge is 2.16. The Labute approximate surface area is 122 Å². The summed E-state index contributed by atoms with van der Waals surface area (Å²) in [6.07, 6.45) is 0. The highest BCUT2D eigenvalue weighted by Crippen LogP contribution is 2.25. The zero-order chi connectivity index (χ0) is 15.2. The quantitative estimate of drug-likeness (QED) is 0.627. The Balaban J connectivity index is 2.24. The first-order valence-corrected chi connectivity index (χ1v) is 6.34. The van der Waals surface area contributed by atoms with Crippen LogP contribution in [0.5, 0.6) is 5.75 Å². The van der Waals surface area contributed by atoms with Crippen LogP contribution in [0.2, 0.25) is 0 Å². The van der Waals surface area contributed by atoms with Crippen molar-refractivity contribution < 1.29 is 9.66 Å². The van der Waals surface area contributed by atoms with E-state index in [1.807, 2.05) is 24.3 Å². The van der Waals surface area contributed by atoms with E-state index in [9.17, 15) is 10.1 Å². The van der Waals surface area contributed by atoms with Gasteiger partial charge in [-0.1, -0.05) is 18.2 Å². The lowest BCUT2D eigenvalue weighted by Crippen LogP contribution is -2.07. The van der Waals surface area contributed by atoms with Crippen LogP contribution in [0.15, 0.2) is 36.4 Å². The predicted molar refractivity (Wildman–Crippen MR) is 80.8 cm³/mol. The largest absolute Gasteiger partial charge is 0.496 e. The number of hydrogen-bond donors (Lipinski definition) is 2. The number of nitro groups is 1. The second kappa shape index (κ2) is 6.56. The van der Waals surface area contributed by atoms with E-state index in [2.05, 4.69) is 15.6 Å². The van der Waals surface area contributed by atoms with Gasteiger partial charge in [-0.15, -0.1) is 0 Å². The van der Waals surface area contributed by atoms with E-state index in [4.69, 9.17) is 4.74 Å². The second-order valence-electron chi connectivity index (χ2n) is 4.24. The van der Waals surface area contributed by atoms with Crippen molar-refractivity contribution in [3.63, 3.8) is 0 Å². The van der Waals surface area contributed by atoms with Crippen LogP contribution in [-0.4, -0.2) is 24.1 Å². The molecule has 0 spiro atoms. The zero-order valence-corrected chi connectivity index (χ0v) is 11.8. The molecule has 2 aromatic rings. The molecule has 0 aliphatic carbocycles. The molecule has 2 N–H and O–H groups in total. The number of benzene rings is 1. The minimum Gasteiger partial charge on any atom is -0.496 e. The van der Waals surface area contributed by atoms with Gasteiger partial charge in [0.25, 0.3) is 0 Å². The summed E-state index contributed by atoms with van der Waals surface area (Å²) in [7, 11) is 3.29. The molecule has 21 heavy (non-hydrogen) atoms. The van der Waals surface area contributed by atoms with Gasteiger partial charge >= 0.3 is 5.69 Å². The third kappa shape index (κ3) is 3.38. The molecule has 0 aliphatic rings. The highest BCUT2D eigenvalue weighted by atomic mass is 16.6. The third-order valence-corrected chi connectivity index (χ3v) is 2.97. The molecule has 0 atom stereocenters. The van der Waals surface area contributed by atoms with Crippen LogP contribution in [0.1, 0.15) is 5.56 Å². The number of para-hydroxylation sites is 1. The topological polar surface area (TPSA) is 89.3 Å². The van der Waals surface area contributed by atoms with Crippen molar-refractivity contribution in [1.29, 1.82) is 0 Å². The first-order chi connectivity index (χ1) is 10.2. The molecule has 2 rings (SSSR count). The summed E-state index contributed by atoms with van der Waals surface area (Å²) in [5.41, 5.74) is 0.829. The molecule has 0 radical (unpaired) electrons. The van der Waals surface area contributed by atoms with Gasteiger partial charge in [0.15, 0.2) is 0 Å². The van der Waals surface area contributed by atoms with Crippen molar-refractivity contribution in [2.24, 2.45) is 0 Å². The fraction of sp³-hybridized carbons (Fsp3) is 0.214. The average Bonchev–Trinajstić information content (AvgIpc) is 2.52. The Morgan fingerprint density at radius 2 is 2.05 bits per heavy atom. The molecule has 1 aromatic carbocycles. The first-order valence-electron chi connectivity index (χ1n) is 6.34. The molecule has 7 nitrogen and oxygen atoms in total. The lowest BCUT2D eigenvalue weighted by molar-refractivity contribution is -0.384. The summed E-state index contributed by atoms with van der Waals surface area (Å²) < 4.78 is 5.25. The molecule has 1 heterocycles. The van der Waals surface area contributed by atoms with Gasteiger partial charge in [0.2, 0.25) is 5.82 Å². The van der Waals surface area contributed by atoms with Gasteiger partial charge < -0.3 is 15.4 Å². The summed E-state index contributed by atoms with van der Waals surface area (Å²) >= 11 is 0. The molecule has 1 aromatic heterocycles. The van der Waals surface area contributed by atoms with Gasteiger partial charge in [0, 0.05) is 25.2 Å². The fourth-order valence-electron chi connectivity index (χ4n) is 1.90. The normalized spacial score (nSPS) is 10.0. The lowest BCUT2D eigenvalue weighted by Gasteiger charge is -2.11. The van der Waals surface area contributed by atoms with Gasteiger partial charge in [-0.2, -0.15) is 0 Å². The predicted octanol–water partition coefficient (Wildman–Crippen LogP) is 2.65. The van der Waals surface area contributed by atoms with Gasteiger partial charge in [0.05, 0.1) is 12.0 Å². The Morgan fingerprint density at radius 3 is 2.71 bits per heavy atom. The minimum atomic E-state index is -0.461. The molecule has 0 unspecified atom stereocenters. The van der Waals surface area contributed by atoms with Gasteiger partial charge in [-0.05, 0) is 12.1 Å². The SMILES string of the molecule is CNc1ccc([N+](=O)[O-])c(NCc2ccccc2OC)n1. The van der Waals surface area contributed by atoms with Crippen molar-refractivity contribution in [1.82, 2.24) is 4.98 Å². The Morgan fingerprint density at radius 1 is 1.29 bits per heavy atom. The van der Waals surface area contributed by atoms with E-state index in [1.165, 1.54) is 6.07 Å². The number of methoxy groups -OCH3 is 1. The summed E-state index contributed by atoms with van der Waals surface area (Å²) in [4.78, 5) is 14.8. The van der Waals surface area contributed by atoms with Crippen LogP contribution < -0.4 is 15.4 Å². The summed E-state index contributed by atoms with van der Waals surface area (Å²) in [5, 5.41) is 16.9. The monoisotopic (exact) mass is 288 g/mol. The Kier molecular flexibility index (Phi) is 4.55. The zero-order valence-electron chi connectivity index (χ0n) is 11.8. The molecule has 0 amide bonds. The van der Waals surface area contributed by atoms with Gasteiger partial charge in [-0.3, -0.25) is 10.1 Å². The molecule has 0 saturated carbocycles. The number of hydrogen-bond acceptors (Lipinski definition) is 6. The first kappa shape index (κ1) is 14.6. The standard InChI is InChI=1S/C14H16N4O3/c1-15-13-8-7-11(18(19)20)14(17-13)16-9-10-5-3-4-6-12(10)21-2/h3-8H,9H2,1-2H3,(H2,15,16,17). The van der Waals surface area contributed by atoms with Crippen LogP contribution in [-0.2, 0) is 6.54 Å². The van der Waals surface area contributed by atoms with E-state index in [1.54, 1.807) is 20.2 Å². The van der Waals surface area contributed by atoms with Crippen molar-refractivity contribution in [2.45, 2.75) is 6.54 Å². The number of rotatable bonds is 6. The van der Waals surface area contributed by atoms with Gasteiger partial charge in [0.1, 0.15) is 11.6 Å². The molecular weight excluding hydrogens is 272 g/mol. The van der Waals surface area contributed by atoms with Gasteiger partial charge in [-0.25, -0.2) is 4.98 Å². The smallest absolute Gasteiger partial charge is 0.311 e. The van der Waals surface area contributed by atoms with Crippen LogP contribution in [0, 0.1) is 10.1 Å². The molecule has 0 fully saturated rings. The maximum Gasteiger partial charge on any atom is 0.311 e. The van der Waals surface area contributed by atoms with Crippen LogP contribution in [0.25, 0.3) is 0 Å². The summed E-state index contributed by atoms with van der Waals surface area (Å²) in [5.74, 6) is 1.50. The fourth-order valence-corrected chi connectivity index (χ4v) is 1.90. The van der Waals surface area contributed by atoms with Crippen LogP contribution >= 0.6 is 0 Å². The maximum absolute atomic E-state index is 11.0. The van der Waals surface area contributed by atoms with Crippen LogP contribution in [0.3, 0.4) is 0 Å². The molecular formula is C14H16N4O3. The molecule has 110 valence electrons. The summed E-state index contributed by atoms with van der Waals surface area (Å²) in [6.45, 7) is 0.380. The van der Waals surface area contributed by atoms with E-state index in [-0.39, 0.29) is 11.5 Å². The second-order valence-corrected chi connectivity index (χ2v) is 4.24. The number of anilines is 2. The van der Waals surface area contributed by atoms with Crippen molar-refractivity contribution in [2.75, 3.05) is 24.8 Å². The summed E-state index contributed by atoms with van der Waals surface area (Å²) in [6, 6.07) is 10.5. The number of nitrogens with zero attached hydrogens (tertiary/aromatic N) is 2. The van der Waals surface area contributed by atoms with Crippen molar-refractivity contribution >= 4 is 17.3 Å². The van der Waals surface area contributed by atoms with E-state index in [0.29, 0.717) is 12.4 Å². The number of nitrogens with one attached hydrogen (secondary N) is 2.